The van der Waals surface area contributed by atoms with Gasteiger partial charge in [0, 0.05) is 5.57 Å². The molecule has 0 radical (unpaired) electrons. The van der Waals surface area contributed by atoms with Crippen molar-refractivity contribution in [3.8, 4) is 0 Å². The van der Waals surface area contributed by atoms with Crippen LogP contribution in [0.2, 0.25) is 0 Å². The summed E-state index contributed by atoms with van der Waals surface area (Å²) in [6.45, 7) is 7.46. The molecule has 2 saturated carbocycles. The summed E-state index contributed by atoms with van der Waals surface area (Å²) in [5.41, 5.74) is -0.981. The molecule has 0 bridgehead atoms. The van der Waals surface area contributed by atoms with Gasteiger partial charge >= 0.3 is 5.97 Å². The molecule has 0 spiro atoms. The number of carbonyl (C=O) groups is 1. The van der Waals surface area contributed by atoms with Crippen LogP contribution in [-0.4, -0.2) is 33.0 Å². The van der Waals surface area contributed by atoms with Gasteiger partial charge in [0.25, 0.3) is 0 Å². The van der Waals surface area contributed by atoms with Crippen LogP contribution in [0.15, 0.2) is 12.2 Å². The maximum absolute atomic E-state index is 11.1. The van der Waals surface area contributed by atoms with Crippen molar-refractivity contribution in [3.05, 3.63) is 12.2 Å². The number of aliphatic hydroxyl groups excluding tert-OH is 1. The second-order valence-corrected chi connectivity index (χ2v) is 6.78. The predicted molar refractivity (Wildman–Crippen MR) is 71.6 cm³/mol. The molecular weight excluding hydrogens is 244 g/mol. The normalized spacial score (nSPS) is 46.4. The Morgan fingerprint density at radius 1 is 1.26 bits per heavy atom. The van der Waals surface area contributed by atoms with E-state index in [2.05, 4.69) is 6.58 Å². The van der Waals surface area contributed by atoms with Crippen LogP contribution in [0.25, 0.3) is 0 Å². The zero-order chi connectivity index (χ0) is 14.4. The molecule has 2 fully saturated rings. The van der Waals surface area contributed by atoms with Crippen LogP contribution in [0.1, 0.15) is 46.0 Å². The van der Waals surface area contributed by atoms with E-state index < -0.39 is 17.7 Å². The molecule has 19 heavy (non-hydrogen) atoms. The quantitative estimate of drug-likeness (QED) is 0.669. The summed E-state index contributed by atoms with van der Waals surface area (Å²) >= 11 is 0. The average molecular weight is 268 g/mol. The number of carboxylic acid groups (broad SMARTS) is 1. The van der Waals surface area contributed by atoms with E-state index in [0.29, 0.717) is 19.3 Å². The monoisotopic (exact) mass is 268 g/mol. The summed E-state index contributed by atoms with van der Waals surface area (Å²) in [5.74, 6) is -1.31. The highest BCUT2D eigenvalue weighted by atomic mass is 16.4. The van der Waals surface area contributed by atoms with Crippen molar-refractivity contribution < 1.29 is 20.1 Å². The zero-order valence-electron chi connectivity index (χ0n) is 11.7. The Balaban J connectivity index is 2.28. The van der Waals surface area contributed by atoms with E-state index in [9.17, 15) is 15.0 Å². The number of aliphatic carboxylic acids is 1. The first-order valence-corrected chi connectivity index (χ1v) is 7.01. The van der Waals surface area contributed by atoms with Gasteiger partial charge in [0.2, 0.25) is 0 Å². The van der Waals surface area contributed by atoms with Crippen molar-refractivity contribution in [1.82, 2.24) is 0 Å². The standard InChI is InChI=1S/C15H24O4/c1-9(13(17)18)10-7-11-14(2,12(16)8-10)5-4-6-15(11,3)19/h10-12,16,19H,1,4-8H2,2-3H3,(H,17,18)/t10-,11+,12-,14-,15-/m0/s1. The number of hydrogen-bond acceptors (Lipinski definition) is 3. The third kappa shape index (κ3) is 2.32. The van der Waals surface area contributed by atoms with Crippen LogP contribution in [0.5, 0.6) is 0 Å². The fourth-order valence-electron chi connectivity index (χ4n) is 4.19. The first-order valence-electron chi connectivity index (χ1n) is 7.01. The van der Waals surface area contributed by atoms with E-state index in [1.54, 1.807) is 0 Å². The number of fused-ring (bicyclic) bond motifs is 1. The zero-order valence-corrected chi connectivity index (χ0v) is 11.7. The van der Waals surface area contributed by atoms with Gasteiger partial charge in [-0.1, -0.05) is 13.5 Å². The van der Waals surface area contributed by atoms with Crippen LogP contribution in [0.3, 0.4) is 0 Å². The van der Waals surface area contributed by atoms with E-state index in [1.165, 1.54) is 0 Å². The molecule has 0 heterocycles. The number of rotatable bonds is 2. The molecule has 2 rings (SSSR count). The Bertz CT molecular complexity index is 401. The molecule has 2 aliphatic carbocycles. The second kappa shape index (κ2) is 4.60. The van der Waals surface area contributed by atoms with Gasteiger partial charge in [-0.2, -0.15) is 0 Å². The van der Waals surface area contributed by atoms with E-state index in [1.807, 2.05) is 13.8 Å². The lowest BCUT2D eigenvalue weighted by Gasteiger charge is -2.56. The molecule has 0 aromatic rings. The molecule has 0 saturated heterocycles. The van der Waals surface area contributed by atoms with Crippen molar-refractivity contribution in [2.45, 2.75) is 57.7 Å². The smallest absolute Gasteiger partial charge is 0.331 e. The van der Waals surface area contributed by atoms with Gasteiger partial charge < -0.3 is 15.3 Å². The lowest BCUT2D eigenvalue weighted by molar-refractivity contribution is -0.168. The van der Waals surface area contributed by atoms with Crippen molar-refractivity contribution >= 4 is 5.97 Å². The van der Waals surface area contributed by atoms with Crippen LogP contribution in [-0.2, 0) is 4.79 Å². The summed E-state index contributed by atoms with van der Waals surface area (Å²) in [6.07, 6.45) is 2.98. The number of hydrogen-bond donors (Lipinski definition) is 3. The highest BCUT2D eigenvalue weighted by Crippen LogP contribution is 2.56. The number of aliphatic hydroxyl groups is 2. The van der Waals surface area contributed by atoms with Crippen molar-refractivity contribution in [1.29, 1.82) is 0 Å². The van der Waals surface area contributed by atoms with E-state index in [-0.39, 0.29) is 22.8 Å². The van der Waals surface area contributed by atoms with Gasteiger partial charge in [0.05, 0.1) is 11.7 Å². The van der Waals surface area contributed by atoms with E-state index >= 15 is 0 Å². The minimum Gasteiger partial charge on any atom is -0.478 e. The first kappa shape index (κ1) is 14.5. The average Bonchev–Trinajstić information content (AvgIpc) is 2.29. The van der Waals surface area contributed by atoms with Gasteiger partial charge in [-0.3, -0.25) is 0 Å². The minimum atomic E-state index is -1.00. The Morgan fingerprint density at radius 2 is 1.89 bits per heavy atom. The largest absolute Gasteiger partial charge is 0.478 e. The summed E-state index contributed by atoms with van der Waals surface area (Å²) < 4.78 is 0. The molecule has 0 amide bonds. The molecule has 4 nitrogen and oxygen atoms in total. The molecule has 0 aliphatic heterocycles. The van der Waals surface area contributed by atoms with Gasteiger partial charge in [0.1, 0.15) is 0 Å². The predicted octanol–water partition coefficient (Wildman–Crippen LogP) is 1.96. The minimum absolute atomic E-state index is 0.0707. The summed E-state index contributed by atoms with van der Waals surface area (Å²) in [4.78, 5) is 11.1. The maximum Gasteiger partial charge on any atom is 0.331 e. The SMILES string of the molecule is C=C(C(=O)O)[C@H]1C[C@@H]2[C@](C)(CCC[C@]2(C)O)[C@@H](O)C1. The summed E-state index contributed by atoms with van der Waals surface area (Å²) in [6, 6.07) is 0. The van der Waals surface area contributed by atoms with Gasteiger partial charge in [0.15, 0.2) is 0 Å². The molecule has 3 N–H and O–H groups in total. The first-order chi connectivity index (χ1) is 8.68. The van der Waals surface area contributed by atoms with Gasteiger partial charge in [-0.25, -0.2) is 4.79 Å². The van der Waals surface area contributed by atoms with Gasteiger partial charge in [-0.15, -0.1) is 0 Å². The molecule has 0 aromatic carbocycles. The Hall–Kier alpha value is -0.870. The lowest BCUT2D eigenvalue weighted by Crippen LogP contribution is -2.57. The lowest BCUT2D eigenvalue weighted by atomic mass is 9.52. The third-order valence-electron chi connectivity index (χ3n) is 5.50. The van der Waals surface area contributed by atoms with E-state index in [4.69, 9.17) is 5.11 Å². The van der Waals surface area contributed by atoms with E-state index in [0.717, 1.165) is 12.8 Å². The Labute approximate surface area is 114 Å². The van der Waals surface area contributed by atoms with Crippen LogP contribution in [0, 0.1) is 17.3 Å². The maximum atomic E-state index is 11.1. The fraction of sp³-hybridized carbons (Fsp3) is 0.800. The molecule has 4 heteroatoms. The molecule has 108 valence electrons. The molecule has 0 unspecified atom stereocenters. The number of carboxylic acids is 1. The highest BCUT2D eigenvalue weighted by Gasteiger charge is 2.55. The molecule has 5 atom stereocenters. The van der Waals surface area contributed by atoms with Crippen molar-refractivity contribution in [2.75, 3.05) is 0 Å². The van der Waals surface area contributed by atoms with Crippen LogP contribution in [0.4, 0.5) is 0 Å². The van der Waals surface area contributed by atoms with Crippen molar-refractivity contribution in [2.24, 2.45) is 17.3 Å². The summed E-state index contributed by atoms with van der Waals surface area (Å²) in [7, 11) is 0. The Kier molecular flexibility index (Phi) is 3.52. The van der Waals surface area contributed by atoms with Crippen LogP contribution < -0.4 is 0 Å². The molecular formula is C15H24O4. The fourth-order valence-corrected chi connectivity index (χ4v) is 4.19. The third-order valence-corrected chi connectivity index (χ3v) is 5.50. The molecule has 0 aromatic heterocycles. The second-order valence-electron chi connectivity index (χ2n) is 6.78. The van der Waals surface area contributed by atoms with Crippen molar-refractivity contribution in [3.63, 3.8) is 0 Å². The van der Waals surface area contributed by atoms with Crippen LogP contribution >= 0.6 is 0 Å². The topological polar surface area (TPSA) is 77.8 Å². The Morgan fingerprint density at radius 3 is 2.47 bits per heavy atom. The molecule has 2 aliphatic rings. The summed E-state index contributed by atoms with van der Waals surface area (Å²) in [5, 5.41) is 30.1. The highest BCUT2D eigenvalue weighted by molar-refractivity contribution is 5.86. The van der Waals surface area contributed by atoms with Gasteiger partial charge in [-0.05, 0) is 56.3 Å².